The van der Waals surface area contributed by atoms with E-state index in [1.54, 1.807) is 24.4 Å². The summed E-state index contributed by atoms with van der Waals surface area (Å²) in [5.74, 6) is 0.937. The van der Waals surface area contributed by atoms with Gasteiger partial charge in [0.25, 0.3) is 0 Å². The Balaban J connectivity index is 1.80. The van der Waals surface area contributed by atoms with Crippen molar-refractivity contribution in [3.8, 4) is 0 Å². The zero-order valence-electron chi connectivity index (χ0n) is 14.9. The van der Waals surface area contributed by atoms with Crippen molar-refractivity contribution < 1.29 is 8.42 Å². The van der Waals surface area contributed by atoms with E-state index in [2.05, 4.69) is 25.9 Å². The molecular formula is C18H20N6O2S. The molecule has 0 radical (unpaired) electrons. The third kappa shape index (κ3) is 4.72. The van der Waals surface area contributed by atoms with Gasteiger partial charge in [-0.05, 0) is 55.0 Å². The average Bonchev–Trinajstić information content (AvgIpc) is 2.63. The van der Waals surface area contributed by atoms with E-state index in [0.717, 1.165) is 16.9 Å². The number of aromatic nitrogens is 2. The lowest BCUT2D eigenvalue weighted by Gasteiger charge is -2.12. The summed E-state index contributed by atoms with van der Waals surface area (Å²) in [5.41, 5.74) is 3.54. The fraction of sp³-hybridized carbons (Fsp3) is 0.111. The average molecular weight is 384 g/mol. The summed E-state index contributed by atoms with van der Waals surface area (Å²) in [6.45, 7) is 2.00. The van der Waals surface area contributed by atoms with Gasteiger partial charge in [0, 0.05) is 30.3 Å². The first kappa shape index (κ1) is 18.6. The van der Waals surface area contributed by atoms with Crippen LogP contribution in [0, 0.1) is 6.92 Å². The lowest BCUT2D eigenvalue weighted by Crippen LogP contribution is -2.12. The number of sulfonamides is 1. The zero-order valence-corrected chi connectivity index (χ0v) is 15.7. The fourth-order valence-corrected chi connectivity index (χ4v) is 3.03. The summed E-state index contributed by atoms with van der Waals surface area (Å²) in [6, 6.07) is 13.9. The molecule has 1 aromatic heterocycles. The molecular weight excluding hydrogens is 364 g/mol. The standard InChI is InChI=1S/C18H20N6O2S/c1-12-10-13(20-2)6-7-16(12)23-17-8-9-21-18(24-17)22-14-4-3-5-15(11-14)27(19,25)26/h3-11,20H,1-2H3,(H2,19,25,26)(H2,21,22,23,24). The van der Waals surface area contributed by atoms with E-state index >= 15 is 0 Å². The Labute approximate surface area is 157 Å². The van der Waals surface area contributed by atoms with E-state index in [1.165, 1.54) is 12.1 Å². The van der Waals surface area contributed by atoms with Crippen LogP contribution in [-0.4, -0.2) is 25.4 Å². The monoisotopic (exact) mass is 384 g/mol. The highest BCUT2D eigenvalue weighted by Crippen LogP contribution is 2.23. The maximum absolute atomic E-state index is 11.5. The number of anilines is 5. The Kier molecular flexibility index (Phi) is 5.24. The second-order valence-corrected chi connectivity index (χ2v) is 7.43. The SMILES string of the molecule is CNc1ccc(Nc2ccnc(Nc3cccc(S(N)(=O)=O)c3)n2)c(C)c1. The van der Waals surface area contributed by atoms with Crippen LogP contribution in [0.5, 0.6) is 0 Å². The molecule has 0 aliphatic rings. The van der Waals surface area contributed by atoms with Crippen molar-refractivity contribution in [2.24, 2.45) is 5.14 Å². The Hall–Kier alpha value is -3.17. The first-order valence-corrected chi connectivity index (χ1v) is 9.68. The predicted molar refractivity (Wildman–Crippen MR) is 107 cm³/mol. The van der Waals surface area contributed by atoms with E-state index in [1.807, 2.05) is 32.2 Å². The lowest BCUT2D eigenvalue weighted by atomic mass is 10.2. The highest BCUT2D eigenvalue weighted by Gasteiger charge is 2.09. The van der Waals surface area contributed by atoms with Crippen molar-refractivity contribution in [3.63, 3.8) is 0 Å². The van der Waals surface area contributed by atoms with Crippen LogP contribution in [-0.2, 0) is 10.0 Å². The Morgan fingerprint density at radius 3 is 2.52 bits per heavy atom. The smallest absolute Gasteiger partial charge is 0.238 e. The van der Waals surface area contributed by atoms with E-state index in [4.69, 9.17) is 5.14 Å². The van der Waals surface area contributed by atoms with Crippen molar-refractivity contribution in [2.75, 3.05) is 23.0 Å². The number of primary sulfonamides is 1. The Morgan fingerprint density at radius 2 is 1.81 bits per heavy atom. The molecule has 5 N–H and O–H groups in total. The molecule has 3 rings (SSSR count). The number of hydrogen-bond acceptors (Lipinski definition) is 7. The van der Waals surface area contributed by atoms with Gasteiger partial charge in [0.1, 0.15) is 5.82 Å². The van der Waals surface area contributed by atoms with E-state index in [9.17, 15) is 8.42 Å². The molecule has 9 heteroatoms. The molecule has 140 valence electrons. The summed E-state index contributed by atoms with van der Waals surface area (Å²) >= 11 is 0. The normalized spacial score (nSPS) is 11.1. The second kappa shape index (κ2) is 7.60. The van der Waals surface area contributed by atoms with Crippen molar-refractivity contribution in [1.82, 2.24) is 9.97 Å². The van der Waals surface area contributed by atoms with Gasteiger partial charge in [-0.15, -0.1) is 0 Å². The van der Waals surface area contributed by atoms with Gasteiger partial charge in [0.15, 0.2) is 0 Å². The molecule has 1 heterocycles. The molecule has 0 aliphatic heterocycles. The van der Waals surface area contributed by atoms with Gasteiger partial charge < -0.3 is 16.0 Å². The summed E-state index contributed by atoms with van der Waals surface area (Å²) in [4.78, 5) is 8.59. The van der Waals surface area contributed by atoms with Crippen molar-refractivity contribution in [1.29, 1.82) is 0 Å². The van der Waals surface area contributed by atoms with Crippen molar-refractivity contribution >= 4 is 38.9 Å². The third-order valence-electron chi connectivity index (χ3n) is 3.85. The molecule has 0 saturated carbocycles. The van der Waals surface area contributed by atoms with E-state index in [-0.39, 0.29) is 4.90 Å². The molecule has 2 aromatic carbocycles. The van der Waals surface area contributed by atoms with Gasteiger partial charge in [-0.25, -0.2) is 18.5 Å². The molecule has 0 atom stereocenters. The summed E-state index contributed by atoms with van der Waals surface area (Å²) < 4.78 is 23.0. The summed E-state index contributed by atoms with van der Waals surface area (Å²) in [7, 11) is -1.91. The van der Waals surface area contributed by atoms with E-state index in [0.29, 0.717) is 17.5 Å². The highest BCUT2D eigenvalue weighted by atomic mass is 32.2. The van der Waals surface area contributed by atoms with Crippen molar-refractivity contribution in [2.45, 2.75) is 11.8 Å². The molecule has 0 fully saturated rings. The minimum atomic E-state index is -3.78. The van der Waals surface area contributed by atoms with Crippen LogP contribution >= 0.6 is 0 Å². The van der Waals surface area contributed by atoms with Gasteiger partial charge in [0.05, 0.1) is 4.90 Å². The Morgan fingerprint density at radius 1 is 1.00 bits per heavy atom. The number of nitrogens with zero attached hydrogens (tertiary/aromatic N) is 2. The summed E-state index contributed by atoms with van der Waals surface area (Å²) in [5, 5.41) is 14.5. The molecule has 0 saturated heterocycles. The number of nitrogens with one attached hydrogen (secondary N) is 3. The van der Waals surface area contributed by atoms with Crippen LogP contribution in [0.4, 0.5) is 28.8 Å². The molecule has 27 heavy (non-hydrogen) atoms. The van der Waals surface area contributed by atoms with Gasteiger partial charge >= 0.3 is 0 Å². The number of hydrogen-bond donors (Lipinski definition) is 4. The predicted octanol–water partition coefficient (Wildman–Crippen LogP) is 2.96. The van der Waals surface area contributed by atoms with Crippen LogP contribution in [0.2, 0.25) is 0 Å². The largest absolute Gasteiger partial charge is 0.388 e. The lowest BCUT2D eigenvalue weighted by molar-refractivity contribution is 0.598. The molecule has 0 amide bonds. The maximum Gasteiger partial charge on any atom is 0.238 e. The van der Waals surface area contributed by atoms with E-state index < -0.39 is 10.0 Å². The topological polar surface area (TPSA) is 122 Å². The molecule has 8 nitrogen and oxygen atoms in total. The maximum atomic E-state index is 11.5. The van der Waals surface area contributed by atoms with Crippen LogP contribution in [0.1, 0.15) is 5.56 Å². The number of aryl methyl sites for hydroxylation is 1. The number of rotatable bonds is 6. The first-order chi connectivity index (χ1) is 12.8. The van der Waals surface area contributed by atoms with Crippen LogP contribution in [0.25, 0.3) is 0 Å². The molecule has 3 aromatic rings. The van der Waals surface area contributed by atoms with Crippen LogP contribution in [0.15, 0.2) is 59.6 Å². The molecule has 0 spiro atoms. The van der Waals surface area contributed by atoms with Crippen LogP contribution in [0.3, 0.4) is 0 Å². The van der Waals surface area contributed by atoms with Crippen LogP contribution < -0.4 is 21.1 Å². The molecule has 0 unspecified atom stereocenters. The highest BCUT2D eigenvalue weighted by molar-refractivity contribution is 7.89. The summed E-state index contributed by atoms with van der Waals surface area (Å²) in [6.07, 6.45) is 1.61. The van der Waals surface area contributed by atoms with Gasteiger partial charge in [-0.3, -0.25) is 0 Å². The molecule has 0 bridgehead atoms. The van der Waals surface area contributed by atoms with Crippen molar-refractivity contribution in [3.05, 3.63) is 60.3 Å². The van der Waals surface area contributed by atoms with Gasteiger partial charge in [-0.1, -0.05) is 6.07 Å². The number of nitrogens with two attached hydrogens (primary N) is 1. The first-order valence-electron chi connectivity index (χ1n) is 8.13. The quantitative estimate of drug-likeness (QED) is 0.515. The third-order valence-corrected chi connectivity index (χ3v) is 4.76. The van der Waals surface area contributed by atoms with Gasteiger partial charge in [-0.2, -0.15) is 4.98 Å². The fourth-order valence-electron chi connectivity index (χ4n) is 2.47. The molecule has 0 aliphatic carbocycles. The minimum absolute atomic E-state index is 0.0158. The minimum Gasteiger partial charge on any atom is -0.388 e. The number of benzene rings is 2. The zero-order chi connectivity index (χ0) is 19.4. The second-order valence-electron chi connectivity index (χ2n) is 5.87. The Bertz CT molecular complexity index is 1070. The van der Waals surface area contributed by atoms with Gasteiger partial charge in [0.2, 0.25) is 16.0 Å².